The molecule has 0 saturated carbocycles. The summed E-state index contributed by atoms with van der Waals surface area (Å²) in [5, 5.41) is 2.57. The van der Waals surface area contributed by atoms with Crippen LogP contribution in [0.4, 0.5) is 0 Å². The molecule has 0 aliphatic heterocycles. The van der Waals surface area contributed by atoms with Crippen LogP contribution in [0.5, 0.6) is 0 Å². The van der Waals surface area contributed by atoms with Gasteiger partial charge in [0.2, 0.25) is 0 Å². The highest BCUT2D eigenvalue weighted by Crippen LogP contribution is 2.24. The maximum atomic E-state index is 12.8. The standard InChI is InChI=1S/C21H20N4O2/c1-14(16-6-4-3-5-7-16)18-9-17(10-19(25-18)21(27)22-2)20(26)8-15-11-23-13-24-12-15/h3-7,9-14H,8H2,1-2H3,(H,22,27)/t14-/m0/s1. The Bertz CT molecular complexity index is 943. The number of amides is 1. The lowest BCUT2D eigenvalue weighted by Gasteiger charge is -2.14. The molecule has 0 aliphatic carbocycles. The highest BCUT2D eigenvalue weighted by Gasteiger charge is 2.18. The van der Waals surface area contributed by atoms with Crippen LogP contribution in [0.1, 0.15) is 50.5 Å². The molecule has 1 N–H and O–H groups in total. The summed E-state index contributed by atoms with van der Waals surface area (Å²) in [6.45, 7) is 2.00. The van der Waals surface area contributed by atoms with Gasteiger partial charge in [0, 0.05) is 43.0 Å². The molecule has 1 amide bonds. The second-order valence-corrected chi connectivity index (χ2v) is 6.22. The van der Waals surface area contributed by atoms with Crippen molar-refractivity contribution in [1.82, 2.24) is 20.3 Å². The minimum absolute atomic E-state index is 0.0533. The van der Waals surface area contributed by atoms with E-state index in [1.165, 1.54) is 12.4 Å². The number of benzene rings is 1. The molecule has 3 aromatic rings. The quantitative estimate of drug-likeness (QED) is 0.683. The second kappa shape index (κ2) is 8.31. The summed E-state index contributed by atoms with van der Waals surface area (Å²) in [5.74, 6) is -0.490. The molecule has 0 radical (unpaired) electrons. The lowest BCUT2D eigenvalue weighted by molar-refractivity contribution is 0.0958. The van der Waals surface area contributed by atoms with Crippen LogP contribution in [0.25, 0.3) is 0 Å². The van der Waals surface area contributed by atoms with Crippen molar-refractivity contribution < 1.29 is 9.59 Å². The van der Waals surface area contributed by atoms with Gasteiger partial charge in [-0.2, -0.15) is 0 Å². The molecule has 2 aromatic heterocycles. The molecule has 136 valence electrons. The van der Waals surface area contributed by atoms with Crippen molar-refractivity contribution in [2.24, 2.45) is 0 Å². The summed E-state index contributed by atoms with van der Waals surface area (Å²) >= 11 is 0. The van der Waals surface area contributed by atoms with Crippen LogP contribution in [-0.2, 0) is 6.42 Å². The number of Topliss-reactive ketones (excluding diaryl/α,β-unsaturated/α-hetero) is 1. The van der Waals surface area contributed by atoms with E-state index in [4.69, 9.17) is 0 Å². The lowest BCUT2D eigenvalue weighted by Crippen LogP contribution is -2.21. The maximum absolute atomic E-state index is 12.8. The van der Waals surface area contributed by atoms with E-state index in [9.17, 15) is 9.59 Å². The lowest BCUT2D eigenvalue weighted by atomic mass is 9.94. The van der Waals surface area contributed by atoms with Gasteiger partial charge >= 0.3 is 0 Å². The van der Waals surface area contributed by atoms with E-state index in [2.05, 4.69) is 20.3 Å². The average molecular weight is 360 g/mol. The smallest absolute Gasteiger partial charge is 0.269 e. The number of carbonyl (C=O) groups is 2. The SMILES string of the molecule is CNC(=O)c1cc(C(=O)Cc2cncnc2)cc([C@@H](C)c2ccccc2)n1. The Hall–Kier alpha value is -3.41. The molecular formula is C21H20N4O2. The summed E-state index contributed by atoms with van der Waals surface area (Å²) in [4.78, 5) is 37.3. The van der Waals surface area contributed by atoms with Crippen LogP contribution in [-0.4, -0.2) is 33.7 Å². The summed E-state index contributed by atoms with van der Waals surface area (Å²) in [6, 6.07) is 13.2. The Balaban J connectivity index is 1.98. The molecule has 0 fully saturated rings. The number of nitrogens with one attached hydrogen (secondary N) is 1. The van der Waals surface area contributed by atoms with Gasteiger partial charge in [-0.1, -0.05) is 37.3 Å². The molecule has 0 bridgehead atoms. The van der Waals surface area contributed by atoms with Gasteiger partial charge < -0.3 is 5.32 Å². The van der Waals surface area contributed by atoms with Gasteiger partial charge in [-0.3, -0.25) is 9.59 Å². The molecule has 6 heteroatoms. The van der Waals surface area contributed by atoms with Gasteiger partial charge in [0.1, 0.15) is 12.0 Å². The van der Waals surface area contributed by atoms with E-state index in [1.54, 1.807) is 25.5 Å². The van der Waals surface area contributed by atoms with Gasteiger partial charge in [0.15, 0.2) is 5.78 Å². The van der Waals surface area contributed by atoms with Crippen LogP contribution in [0, 0.1) is 0 Å². The zero-order valence-electron chi connectivity index (χ0n) is 15.2. The molecule has 0 saturated heterocycles. The largest absolute Gasteiger partial charge is 0.354 e. The first kappa shape index (κ1) is 18.4. The molecule has 27 heavy (non-hydrogen) atoms. The van der Waals surface area contributed by atoms with Gasteiger partial charge in [-0.05, 0) is 23.3 Å². The average Bonchev–Trinajstić information content (AvgIpc) is 2.73. The number of aromatic nitrogens is 3. The second-order valence-electron chi connectivity index (χ2n) is 6.22. The van der Waals surface area contributed by atoms with Crippen molar-refractivity contribution in [1.29, 1.82) is 0 Å². The third-order valence-corrected chi connectivity index (χ3v) is 4.35. The number of hydrogen-bond donors (Lipinski definition) is 1. The number of carbonyl (C=O) groups excluding carboxylic acids is 2. The maximum Gasteiger partial charge on any atom is 0.269 e. The van der Waals surface area contributed by atoms with Crippen LogP contribution >= 0.6 is 0 Å². The summed E-state index contributed by atoms with van der Waals surface area (Å²) in [6.07, 6.45) is 4.81. The zero-order valence-corrected chi connectivity index (χ0v) is 15.2. The Morgan fingerprint density at radius 1 is 1.07 bits per heavy atom. The van der Waals surface area contributed by atoms with Crippen molar-refractivity contribution in [3.05, 3.63) is 89.3 Å². The highest BCUT2D eigenvalue weighted by molar-refractivity contribution is 6.00. The minimum Gasteiger partial charge on any atom is -0.354 e. The predicted octanol–water partition coefficient (Wildman–Crippen LogP) is 2.81. The predicted molar refractivity (Wildman–Crippen MR) is 102 cm³/mol. The monoisotopic (exact) mass is 360 g/mol. The third kappa shape index (κ3) is 4.41. The first-order chi connectivity index (χ1) is 13.1. The third-order valence-electron chi connectivity index (χ3n) is 4.35. The van der Waals surface area contributed by atoms with E-state index < -0.39 is 0 Å². The molecule has 3 rings (SSSR count). The summed E-state index contributed by atoms with van der Waals surface area (Å²) < 4.78 is 0. The van der Waals surface area contributed by atoms with Crippen molar-refractivity contribution in [2.75, 3.05) is 7.05 Å². The molecule has 2 heterocycles. The fraction of sp³-hybridized carbons (Fsp3) is 0.190. The molecular weight excluding hydrogens is 340 g/mol. The number of ketones is 1. The van der Waals surface area contributed by atoms with Crippen molar-refractivity contribution >= 4 is 11.7 Å². The van der Waals surface area contributed by atoms with Crippen molar-refractivity contribution in [3.8, 4) is 0 Å². The molecule has 1 atom stereocenters. The van der Waals surface area contributed by atoms with E-state index in [1.807, 2.05) is 37.3 Å². The van der Waals surface area contributed by atoms with E-state index in [0.29, 0.717) is 11.3 Å². The number of rotatable bonds is 6. The van der Waals surface area contributed by atoms with Crippen LogP contribution < -0.4 is 5.32 Å². The summed E-state index contributed by atoms with van der Waals surface area (Å²) in [7, 11) is 1.54. The van der Waals surface area contributed by atoms with Crippen LogP contribution in [0.15, 0.2) is 61.2 Å². The first-order valence-electron chi connectivity index (χ1n) is 8.64. The number of hydrogen-bond acceptors (Lipinski definition) is 5. The van der Waals surface area contributed by atoms with Crippen LogP contribution in [0.2, 0.25) is 0 Å². The first-order valence-corrected chi connectivity index (χ1v) is 8.64. The zero-order chi connectivity index (χ0) is 19.2. The van der Waals surface area contributed by atoms with Gasteiger partial charge in [0.25, 0.3) is 5.91 Å². The van der Waals surface area contributed by atoms with Gasteiger partial charge in [-0.25, -0.2) is 15.0 Å². The molecule has 6 nitrogen and oxygen atoms in total. The van der Waals surface area contributed by atoms with E-state index in [-0.39, 0.29) is 29.7 Å². The van der Waals surface area contributed by atoms with Gasteiger partial charge in [0.05, 0.1) is 0 Å². The summed E-state index contributed by atoms with van der Waals surface area (Å²) in [5.41, 5.74) is 3.14. The Kier molecular flexibility index (Phi) is 5.66. The molecule has 0 unspecified atom stereocenters. The van der Waals surface area contributed by atoms with Crippen molar-refractivity contribution in [2.45, 2.75) is 19.3 Å². The molecule has 1 aromatic carbocycles. The number of pyridine rings is 1. The Labute approximate surface area is 157 Å². The van der Waals surface area contributed by atoms with Crippen LogP contribution in [0.3, 0.4) is 0 Å². The Morgan fingerprint density at radius 2 is 1.78 bits per heavy atom. The molecule has 0 spiro atoms. The Morgan fingerprint density at radius 3 is 2.44 bits per heavy atom. The normalized spacial score (nSPS) is 11.6. The van der Waals surface area contributed by atoms with E-state index >= 15 is 0 Å². The van der Waals surface area contributed by atoms with E-state index in [0.717, 1.165) is 11.1 Å². The fourth-order valence-corrected chi connectivity index (χ4v) is 2.80. The van der Waals surface area contributed by atoms with Gasteiger partial charge in [-0.15, -0.1) is 0 Å². The molecule has 0 aliphatic rings. The number of nitrogens with zero attached hydrogens (tertiary/aromatic N) is 3. The van der Waals surface area contributed by atoms with Crippen molar-refractivity contribution in [3.63, 3.8) is 0 Å². The topological polar surface area (TPSA) is 84.8 Å². The fourth-order valence-electron chi connectivity index (χ4n) is 2.80. The highest BCUT2D eigenvalue weighted by atomic mass is 16.1. The minimum atomic E-state index is -0.325.